The molecule has 29 heavy (non-hydrogen) atoms. The molecule has 0 unspecified atom stereocenters. The van der Waals surface area contributed by atoms with Gasteiger partial charge in [-0.1, -0.05) is 47.7 Å². The third kappa shape index (κ3) is 5.24. The number of carbonyl (C=O) groups is 1. The van der Waals surface area contributed by atoms with E-state index in [0.717, 1.165) is 23.0 Å². The minimum Gasteiger partial charge on any atom is -0.465 e. The van der Waals surface area contributed by atoms with Crippen LogP contribution < -0.4 is 0 Å². The molecule has 0 fully saturated rings. The first kappa shape index (κ1) is 21.1. The molecule has 7 nitrogen and oxygen atoms in total. The van der Waals surface area contributed by atoms with Gasteiger partial charge in [-0.3, -0.25) is 9.36 Å². The van der Waals surface area contributed by atoms with Crippen LogP contribution in [0.3, 0.4) is 0 Å². The van der Waals surface area contributed by atoms with Crippen molar-refractivity contribution in [1.29, 1.82) is 0 Å². The number of benzene rings is 2. The Kier molecular flexibility index (Phi) is 6.71. The fraction of sp³-hybridized carbons (Fsp3) is 0.250. The van der Waals surface area contributed by atoms with Gasteiger partial charge < -0.3 is 4.74 Å². The van der Waals surface area contributed by atoms with Crippen LogP contribution in [0.2, 0.25) is 0 Å². The van der Waals surface area contributed by atoms with Crippen LogP contribution in [0.4, 0.5) is 0 Å². The molecule has 152 valence electrons. The monoisotopic (exact) mass is 431 g/mol. The van der Waals surface area contributed by atoms with Crippen molar-refractivity contribution >= 4 is 27.6 Å². The fourth-order valence-electron chi connectivity index (χ4n) is 2.65. The lowest BCUT2D eigenvalue weighted by Crippen LogP contribution is -2.12. The maximum absolute atomic E-state index is 12.9. The molecular formula is C20H21N3O4S2. The molecule has 0 aliphatic carbocycles. The first-order valence-electron chi connectivity index (χ1n) is 8.98. The lowest BCUT2D eigenvalue weighted by Gasteiger charge is -2.10. The summed E-state index contributed by atoms with van der Waals surface area (Å²) in [6.45, 7) is 3.93. The fourth-order valence-corrected chi connectivity index (χ4v) is 4.66. The van der Waals surface area contributed by atoms with E-state index in [2.05, 4.69) is 10.2 Å². The van der Waals surface area contributed by atoms with Crippen molar-refractivity contribution in [3.05, 3.63) is 66.0 Å². The van der Waals surface area contributed by atoms with E-state index in [1.807, 2.05) is 37.3 Å². The quantitative estimate of drug-likeness (QED) is 0.399. The van der Waals surface area contributed by atoms with Gasteiger partial charge in [0.1, 0.15) is 5.75 Å². The Bertz CT molecular complexity index is 1080. The van der Waals surface area contributed by atoms with Crippen LogP contribution in [0, 0.1) is 6.92 Å². The zero-order valence-corrected chi connectivity index (χ0v) is 17.7. The van der Waals surface area contributed by atoms with Gasteiger partial charge in [0.05, 0.1) is 17.3 Å². The molecule has 0 saturated carbocycles. The number of rotatable bonds is 8. The molecule has 1 aromatic heterocycles. The highest BCUT2D eigenvalue weighted by molar-refractivity contribution is 7.99. The number of carbonyl (C=O) groups excluding carboxylic acids is 1. The highest BCUT2D eigenvalue weighted by Gasteiger charge is 2.23. The summed E-state index contributed by atoms with van der Waals surface area (Å²) in [7, 11) is -3.61. The van der Waals surface area contributed by atoms with Crippen LogP contribution in [0.5, 0.6) is 0 Å². The number of ether oxygens (including phenoxy) is 1. The standard InChI is InChI=1S/C20H21N3O4S2/c1-3-27-19(24)13-28-20-22-21-18(23(20)16-7-5-4-6-8-16)14-29(25,26)17-11-9-15(2)10-12-17/h4-12H,3,13-14H2,1-2H3. The molecule has 0 atom stereocenters. The van der Waals surface area contributed by atoms with E-state index in [1.54, 1.807) is 35.8 Å². The lowest BCUT2D eigenvalue weighted by molar-refractivity contribution is -0.139. The van der Waals surface area contributed by atoms with Gasteiger partial charge in [0.25, 0.3) is 0 Å². The number of nitrogens with zero attached hydrogens (tertiary/aromatic N) is 3. The predicted octanol–water partition coefficient (Wildman–Crippen LogP) is 3.20. The van der Waals surface area contributed by atoms with Crippen molar-refractivity contribution in [2.45, 2.75) is 29.7 Å². The highest BCUT2D eigenvalue weighted by atomic mass is 32.2. The number of sulfone groups is 1. The molecule has 0 aliphatic heterocycles. The minimum absolute atomic E-state index is 0.0590. The summed E-state index contributed by atoms with van der Waals surface area (Å²) >= 11 is 1.15. The zero-order chi connectivity index (χ0) is 20.9. The molecule has 1 heterocycles. The molecule has 3 aromatic rings. The summed E-state index contributed by atoms with van der Waals surface area (Å²) < 4.78 is 32.4. The Morgan fingerprint density at radius 3 is 2.41 bits per heavy atom. The molecule has 2 aromatic carbocycles. The summed E-state index contributed by atoms with van der Waals surface area (Å²) in [5, 5.41) is 8.65. The predicted molar refractivity (Wildman–Crippen MR) is 111 cm³/mol. The van der Waals surface area contributed by atoms with E-state index in [9.17, 15) is 13.2 Å². The Labute approximate surface area is 174 Å². The summed E-state index contributed by atoms with van der Waals surface area (Å²) in [6.07, 6.45) is 0. The number of hydrogen-bond donors (Lipinski definition) is 0. The number of esters is 1. The molecule has 3 rings (SSSR count). The third-order valence-corrected chi connectivity index (χ3v) is 6.57. The molecule has 0 radical (unpaired) electrons. The first-order valence-corrected chi connectivity index (χ1v) is 11.6. The Morgan fingerprint density at radius 1 is 1.07 bits per heavy atom. The van der Waals surface area contributed by atoms with Crippen molar-refractivity contribution in [3.8, 4) is 5.69 Å². The largest absolute Gasteiger partial charge is 0.465 e. The molecule has 0 spiro atoms. The van der Waals surface area contributed by atoms with E-state index in [0.29, 0.717) is 11.8 Å². The second-order valence-corrected chi connectivity index (χ2v) is 9.17. The summed E-state index contributed by atoms with van der Waals surface area (Å²) in [6, 6.07) is 15.9. The smallest absolute Gasteiger partial charge is 0.316 e. The maximum atomic E-state index is 12.9. The van der Waals surface area contributed by atoms with Crippen LogP contribution in [0.15, 0.2) is 64.6 Å². The van der Waals surface area contributed by atoms with Gasteiger partial charge in [0, 0.05) is 5.69 Å². The van der Waals surface area contributed by atoms with E-state index in [1.165, 1.54) is 0 Å². The maximum Gasteiger partial charge on any atom is 0.316 e. The van der Waals surface area contributed by atoms with Gasteiger partial charge in [-0.05, 0) is 38.1 Å². The highest BCUT2D eigenvalue weighted by Crippen LogP contribution is 2.25. The normalized spacial score (nSPS) is 11.4. The molecule has 0 amide bonds. The van der Waals surface area contributed by atoms with Gasteiger partial charge in [-0.2, -0.15) is 0 Å². The lowest BCUT2D eigenvalue weighted by atomic mass is 10.2. The molecule has 0 saturated heterocycles. The van der Waals surface area contributed by atoms with Crippen LogP contribution >= 0.6 is 11.8 Å². The average molecular weight is 432 g/mol. The molecule has 0 N–H and O–H groups in total. The van der Waals surface area contributed by atoms with Crippen molar-refractivity contribution in [2.75, 3.05) is 12.4 Å². The van der Waals surface area contributed by atoms with Crippen LogP contribution in [-0.4, -0.2) is 41.5 Å². The second kappa shape index (κ2) is 9.23. The number of para-hydroxylation sites is 1. The number of thioether (sulfide) groups is 1. The second-order valence-electron chi connectivity index (χ2n) is 6.24. The van der Waals surface area contributed by atoms with Gasteiger partial charge in [-0.25, -0.2) is 8.42 Å². The van der Waals surface area contributed by atoms with Gasteiger partial charge in [-0.15, -0.1) is 10.2 Å². The summed E-state index contributed by atoms with van der Waals surface area (Å²) in [5.74, 6) is -0.335. The Balaban J connectivity index is 1.94. The van der Waals surface area contributed by atoms with E-state index >= 15 is 0 Å². The number of aryl methyl sites for hydroxylation is 1. The van der Waals surface area contributed by atoms with Crippen molar-refractivity contribution in [2.24, 2.45) is 0 Å². The molecule has 9 heteroatoms. The van der Waals surface area contributed by atoms with Crippen LogP contribution in [-0.2, 0) is 25.1 Å². The molecule has 0 aliphatic rings. The minimum atomic E-state index is -3.61. The number of aromatic nitrogens is 3. The van der Waals surface area contributed by atoms with Crippen molar-refractivity contribution in [3.63, 3.8) is 0 Å². The molecule has 0 bridgehead atoms. The SMILES string of the molecule is CCOC(=O)CSc1nnc(CS(=O)(=O)c2ccc(C)cc2)n1-c1ccccc1. The van der Waals surface area contributed by atoms with Crippen LogP contribution in [0.1, 0.15) is 18.3 Å². The van der Waals surface area contributed by atoms with Gasteiger partial charge >= 0.3 is 5.97 Å². The molecular weight excluding hydrogens is 410 g/mol. The van der Waals surface area contributed by atoms with Gasteiger partial charge in [0.2, 0.25) is 0 Å². The van der Waals surface area contributed by atoms with Gasteiger partial charge in [0.15, 0.2) is 20.8 Å². The summed E-state index contributed by atoms with van der Waals surface area (Å²) in [5.41, 5.74) is 1.70. The zero-order valence-electron chi connectivity index (χ0n) is 16.1. The topological polar surface area (TPSA) is 91.2 Å². The van der Waals surface area contributed by atoms with Crippen molar-refractivity contribution < 1.29 is 17.9 Å². The third-order valence-electron chi connectivity index (χ3n) is 4.04. The van der Waals surface area contributed by atoms with E-state index in [-0.39, 0.29) is 28.2 Å². The average Bonchev–Trinajstić information content (AvgIpc) is 3.09. The van der Waals surface area contributed by atoms with E-state index < -0.39 is 9.84 Å². The summed E-state index contributed by atoms with van der Waals surface area (Å²) in [4.78, 5) is 11.9. The van der Waals surface area contributed by atoms with Crippen LogP contribution in [0.25, 0.3) is 5.69 Å². The van der Waals surface area contributed by atoms with Crippen molar-refractivity contribution in [1.82, 2.24) is 14.8 Å². The number of hydrogen-bond acceptors (Lipinski definition) is 7. The first-order chi connectivity index (χ1) is 13.9. The Hall–Kier alpha value is -2.65. The van der Waals surface area contributed by atoms with E-state index in [4.69, 9.17) is 4.74 Å². The Morgan fingerprint density at radius 2 is 1.76 bits per heavy atom.